The molecule has 1 heterocycles. The Morgan fingerprint density at radius 3 is 2.33 bits per heavy atom. The molecule has 1 aliphatic rings. The van der Waals surface area contributed by atoms with Crippen LogP contribution < -0.4 is 0 Å². The second-order valence-electron chi connectivity index (χ2n) is 8.11. The standard InChI is InChI=1S/C22H36NO/c1-7-13-19-16-21(5,6)23(22(8-2,9-3)17-19)24-18(4)20-14-11-10-12-15-20/h10-12,14-15,18-19H,1,7-9,13,16-17H2,2-6H3. The average Bonchev–Trinajstić information content (AvgIpc) is 2.57. The second kappa shape index (κ2) is 8.01. The Morgan fingerprint density at radius 1 is 1.17 bits per heavy atom. The number of nitrogens with zero attached hydrogens (tertiary/aromatic N) is 1. The molecule has 0 amide bonds. The molecule has 1 radical (unpaired) electrons. The molecule has 2 unspecified atom stereocenters. The summed E-state index contributed by atoms with van der Waals surface area (Å²) in [6.45, 7) is 15.6. The van der Waals surface area contributed by atoms with E-state index in [-0.39, 0.29) is 17.2 Å². The summed E-state index contributed by atoms with van der Waals surface area (Å²) in [5.41, 5.74) is 1.42. The summed E-state index contributed by atoms with van der Waals surface area (Å²) in [6, 6.07) is 10.6. The van der Waals surface area contributed by atoms with Crippen LogP contribution >= 0.6 is 0 Å². The molecule has 2 atom stereocenters. The lowest BCUT2D eigenvalue weighted by molar-refractivity contribution is -0.320. The molecule has 2 heteroatoms. The van der Waals surface area contributed by atoms with E-state index in [0.717, 1.165) is 25.2 Å². The molecule has 0 N–H and O–H groups in total. The van der Waals surface area contributed by atoms with E-state index in [4.69, 9.17) is 4.84 Å². The minimum Gasteiger partial charge on any atom is -0.290 e. The largest absolute Gasteiger partial charge is 0.290 e. The first-order valence-electron chi connectivity index (χ1n) is 9.70. The molecule has 0 bridgehead atoms. The molecule has 0 spiro atoms. The molecule has 1 aromatic carbocycles. The summed E-state index contributed by atoms with van der Waals surface area (Å²) in [5, 5.41) is 2.37. The van der Waals surface area contributed by atoms with Gasteiger partial charge in [0.25, 0.3) is 0 Å². The lowest BCUT2D eigenvalue weighted by atomic mass is 9.70. The van der Waals surface area contributed by atoms with E-state index in [1.807, 2.05) is 0 Å². The van der Waals surface area contributed by atoms with E-state index in [0.29, 0.717) is 0 Å². The molecule has 1 saturated heterocycles. The molecular formula is C22H36NO. The summed E-state index contributed by atoms with van der Waals surface area (Å²) < 4.78 is 0. The zero-order valence-corrected chi connectivity index (χ0v) is 16.3. The Hall–Kier alpha value is -0.860. The molecule has 2 rings (SSSR count). The third-order valence-electron chi connectivity index (χ3n) is 5.90. The fraction of sp³-hybridized carbons (Fsp3) is 0.682. The van der Waals surface area contributed by atoms with Crippen molar-refractivity contribution in [2.75, 3.05) is 0 Å². The molecule has 1 aromatic rings. The van der Waals surface area contributed by atoms with Crippen LogP contribution in [0.1, 0.15) is 84.8 Å². The van der Waals surface area contributed by atoms with E-state index >= 15 is 0 Å². The zero-order valence-electron chi connectivity index (χ0n) is 16.3. The molecule has 0 saturated carbocycles. The SMILES string of the molecule is [CH2]CCC1CC(C)(C)N(OC(C)c2ccccc2)C(CC)(CC)C1. The van der Waals surface area contributed by atoms with Crippen LogP contribution in [0.15, 0.2) is 30.3 Å². The van der Waals surface area contributed by atoms with E-state index in [2.05, 4.69) is 76.9 Å². The number of hydroxylamine groups is 2. The van der Waals surface area contributed by atoms with Crippen molar-refractivity contribution in [2.45, 2.75) is 90.3 Å². The van der Waals surface area contributed by atoms with Crippen molar-refractivity contribution in [2.24, 2.45) is 5.92 Å². The van der Waals surface area contributed by atoms with Gasteiger partial charge in [-0.3, -0.25) is 4.84 Å². The first kappa shape index (κ1) is 19.5. The number of rotatable bonds is 7. The van der Waals surface area contributed by atoms with Gasteiger partial charge in [-0.2, -0.15) is 5.06 Å². The molecule has 135 valence electrons. The fourth-order valence-corrected chi connectivity index (χ4v) is 4.64. The first-order chi connectivity index (χ1) is 11.4. The molecule has 1 fully saturated rings. The molecular weight excluding hydrogens is 294 g/mol. The van der Waals surface area contributed by atoms with Gasteiger partial charge in [-0.25, -0.2) is 0 Å². The van der Waals surface area contributed by atoms with Crippen molar-refractivity contribution in [3.63, 3.8) is 0 Å². The molecule has 2 nitrogen and oxygen atoms in total. The van der Waals surface area contributed by atoms with Crippen LogP contribution in [0.25, 0.3) is 0 Å². The highest BCUT2D eigenvalue weighted by Crippen LogP contribution is 2.47. The van der Waals surface area contributed by atoms with Crippen molar-refractivity contribution in [3.05, 3.63) is 42.8 Å². The lowest BCUT2D eigenvalue weighted by Crippen LogP contribution is -2.62. The minimum atomic E-state index is 0.0488. The highest BCUT2D eigenvalue weighted by Gasteiger charge is 2.49. The summed E-state index contributed by atoms with van der Waals surface area (Å²) in [4.78, 5) is 6.63. The van der Waals surface area contributed by atoms with Gasteiger partial charge in [-0.1, -0.05) is 63.9 Å². The minimum absolute atomic E-state index is 0.0488. The quantitative estimate of drug-likeness (QED) is 0.578. The zero-order chi connectivity index (χ0) is 17.8. The van der Waals surface area contributed by atoms with Crippen LogP contribution in [0.5, 0.6) is 0 Å². The summed E-state index contributed by atoms with van der Waals surface area (Å²) in [5.74, 6) is 0.754. The van der Waals surface area contributed by atoms with Crippen molar-refractivity contribution < 1.29 is 4.84 Å². The van der Waals surface area contributed by atoms with Gasteiger partial charge >= 0.3 is 0 Å². The van der Waals surface area contributed by atoms with Gasteiger partial charge in [0.1, 0.15) is 6.10 Å². The molecule has 1 aliphatic heterocycles. The number of hydrogen-bond donors (Lipinski definition) is 0. The average molecular weight is 331 g/mol. The lowest BCUT2D eigenvalue weighted by Gasteiger charge is -2.57. The third-order valence-corrected chi connectivity index (χ3v) is 5.90. The van der Waals surface area contributed by atoms with Crippen molar-refractivity contribution >= 4 is 0 Å². The Bertz CT molecular complexity index is 492. The van der Waals surface area contributed by atoms with Gasteiger partial charge in [0.2, 0.25) is 0 Å². The van der Waals surface area contributed by atoms with Crippen LogP contribution in [-0.2, 0) is 4.84 Å². The summed E-state index contributed by atoms with van der Waals surface area (Å²) in [6.07, 6.45) is 7.00. The Labute approximate surface area is 149 Å². The van der Waals surface area contributed by atoms with E-state index in [9.17, 15) is 0 Å². The molecule has 0 aliphatic carbocycles. The summed E-state index contributed by atoms with van der Waals surface area (Å²) in [7, 11) is 0. The third kappa shape index (κ3) is 4.03. The molecule has 24 heavy (non-hydrogen) atoms. The maximum Gasteiger partial charge on any atom is 0.102 e. The van der Waals surface area contributed by atoms with E-state index in [1.165, 1.54) is 24.8 Å². The number of piperidine rings is 1. The van der Waals surface area contributed by atoms with E-state index < -0.39 is 0 Å². The van der Waals surface area contributed by atoms with Gasteiger partial charge in [-0.15, -0.1) is 0 Å². The van der Waals surface area contributed by atoms with Gasteiger partial charge in [0.05, 0.1) is 0 Å². The summed E-state index contributed by atoms with van der Waals surface area (Å²) >= 11 is 0. The van der Waals surface area contributed by atoms with Crippen LogP contribution in [0, 0.1) is 12.8 Å². The Kier molecular flexibility index (Phi) is 6.50. The van der Waals surface area contributed by atoms with Crippen molar-refractivity contribution in [1.29, 1.82) is 0 Å². The highest BCUT2D eigenvalue weighted by molar-refractivity contribution is 5.17. The molecule has 0 aromatic heterocycles. The first-order valence-corrected chi connectivity index (χ1v) is 9.70. The fourth-order valence-electron chi connectivity index (χ4n) is 4.64. The van der Waals surface area contributed by atoms with Gasteiger partial charge in [0.15, 0.2) is 0 Å². The van der Waals surface area contributed by atoms with Crippen LogP contribution in [0.3, 0.4) is 0 Å². The maximum absolute atomic E-state index is 6.63. The van der Waals surface area contributed by atoms with Crippen molar-refractivity contribution in [1.82, 2.24) is 5.06 Å². The Morgan fingerprint density at radius 2 is 1.79 bits per heavy atom. The van der Waals surface area contributed by atoms with Gasteiger partial charge < -0.3 is 0 Å². The normalized spacial score (nSPS) is 24.7. The Balaban J connectivity index is 2.26. The monoisotopic (exact) mass is 330 g/mol. The smallest absolute Gasteiger partial charge is 0.102 e. The topological polar surface area (TPSA) is 12.5 Å². The van der Waals surface area contributed by atoms with Gasteiger partial charge in [0, 0.05) is 11.1 Å². The van der Waals surface area contributed by atoms with Crippen molar-refractivity contribution in [3.8, 4) is 0 Å². The maximum atomic E-state index is 6.63. The highest BCUT2D eigenvalue weighted by atomic mass is 16.7. The number of hydrogen-bond acceptors (Lipinski definition) is 2. The predicted octanol–water partition coefficient (Wildman–Crippen LogP) is 6.34. The second-order valence-corrected chi connectivity index (χ2v) is 8.11. The van der Waals surface area contributed by atoms with Crippen LogP contribution in [0.2, 0.25) is 0 Å². The van der Waals surface area contributed by atoms with Crippen LogP contribution in [0.4, 0.5) is 0 Å². The van der Waals surface area contributed by atoms with Gasteiger partial charge in [-0.05, 0) is 57.9 Å². The number of benzene rings is 1. The predicted molar refractivity (Wildman–Crippen MR) is 102 cm³/mol. The van der Waals surface area contributed by atoms with Crippen LogP contribution in [-0.4, -0.2) is 16.1 Å². The van der Waals surface area contributed by atoms with E-state index in [1.54, 1.807) is 0 Å².